The molecular formula is C25H35N3O4S. The van der Waals surface area contributed by atoms with Crippen LogP contribution >= 0.6 is 0 Å². The number of ether oxygens (including phenoxy) is 1. The number of hydrogen-bond acceptors (Lipinski definition) is 5. The summed E-state index contributed by atoms with van der Waals surface area (Å²) in [4.78, 5) is 17.1. The summed E-state index contributed by atoms with van der Waals surface area (Å²) in [5.41, 5.74) is 2.55. The van der Waals surface area contributed by atoms with E-state index in [0.717, 1.165) is 18.7 Å². The monoisotopic (exact) mass is 473 g/mol. The number of methoxy groups -OCH3 is 1. The van der Waals surface area contributed by atoms with Crippen molar-refractivity contribution >= 4 is 21.6 Å². The number of rotatable bonds is 9. The molecule has 8 heteroatoms. The van der Waals surface area contributed by atoms with Crippen LogP contribution in [0.3, 0.4) is 0 Å². The highest BCUT2D eigenvalue weighted by molar-refractivity contribution is 7.89. The van der Waals surface area contributed by atoms with Crippen LogP contribution in [0.1, 0.15) is 49.0 Å². The number of carbonyl (C=O) groups is 1. The summed E-state index contributed by atoms with van der Waals surface area (Å²) < 4.78 is 32.8. The standard InChI is InChI=1S/C25H35N3O4S/c1-5-28(6-2)33(30,31)24-18-21(12-15-23(24)32-4)25(29)26(3)19-20-10-13-22(14-11-20)27-16-8-7-9-17-27/h10-15,18H,5-9,16-17,19H2,1-4H3. The van der Waals surface area contributed by atoms with Crippen molar-refractivity contribution in [3.63, 3.8) is 0 Å². The Hall–Kier alpha value is -2.58. The van der Waals surface area contributed by atoms with Crippen LogP contribution in [0.15, 0.2) is 47.4 Å². The first kappa shape index (κ1) is 25.1. The average Bonchev–Trinajstić information content (AvgIpc) is 2.84. The van der Waals surface area contributed by atoms with E-state index in [2.05, 4.69) is 29.2 Å². The minimum absolute atomic E-state index is 0.0128. The normalized spacial score (nSPS) is 14.4. The summed E-state index contributed by atoms with van der Waals surface area (Å²) >= 11 is 0. The zero-order chi connectivity index (χ0) is 24.0. The number of piperidine rings is 1. The largest absolute Gasteiger partial charge is 0.495 e. The van der Waals surface area contributed by atoms with Gasteiger partial charge in [-0.3, -0.25) is 4.79 Å². The van der Waals surface area contributed by atoms with Crippen molar-refractivity contribution in [2.45, 2.75) is 44.6 Å². The predicted octanol–water partition coefficient (Wildman–Crippen LogP) is 3.99. The predicted molar refractivity (Wildman–Crippen MR) is 131 cm³/mol. The molecule has 2 aromatic rings. The van der Waals surface area contributed by atoms with Gasteiger partial charge in [0.05, 0.1) is 7.11 Å². The van der Waals surface area contributed by atoms with E-state index in [-0.39, 0.29) is 16.6 Å². The Bertz CT molecular complexity index is 1040. The first-order chi connectivity index (χ1) is 15.8. The van der Waals surface area contributed by atoms with Gasteiger partial charge >= 0.3 is 0 Å². The van der Waals surface area contributed by atoms with E-state index in [0.29, 0.717) is 25.2 Å². The molecule has 0 saturated carbocycles. The van der Waals surface area contributed by atoms with E-state index in [1.807, 2.05) is 0 Å². The summed E-state index contributed by atoms with van der Waals surface area (Å²) in [6.07, 6.45) is 3.75. The molecule has 7 nitrogen and oxygen atoms in total. The maximum atomic E-state index is 13.1. The van der Waals surface area contributed by atoms with Crippen LogP contribution in [0.5, 0.6) is 5.75 Å². The number of anilines is 1. The molecule has 0 N–H and O–H groups in total. The van der Waals surface area contributed by atoms with E-state index >= 15 is 0 Å². The van der Waals surface area contributed by atoms with Crippen molar-refractivity contribution in [1.82, 2.24) is 9.21 Å². The van der Waals surface area contributed by atoms with E-state index in [1.165, 1.54) is 42.4 Å². The molecule has 0 aromatic heterocycles. The van der Waals surface area contributed by atoms with Gasteiger partial charge in [0, 0.05) is 51.0 Å². The highest BCUT2D eigenvalue weighted by atomic mass is 32.2. The van der Waals surface area contributed by atoms with Gasteiger partial charge in [0.1, 0.15) is 10.6 Å². The molecule has 180 valence electrons. The molecule has 0 atom stereocenters. The van der Waals surface area contributed by atoms with Gasteiger partial charge < -0.3 is 14.5 Å². The molecule has 0 spiro atoms. The Labute approximate surface area is 198 Å². The van der Waals surface area contributed by atoms with Gasteiger partial charge in [0.15, 0.2) is 0 Å². The lowest BCUT2D eigenvalue weighted by molar-refractivity contribution is 0.0785. The van der Waals surface area contributed by atoms with Crippen molar-refractivity contribution in [3.8, 4) is 5.75 Å². The number of hydrogen-bond donors (Lipinski definition) is 0. The molecule has 1 fully saturated rings. The number of nitrogens with zero attached hydrogens (tertiary/aromatic N) is 3. The third kappa shape index (κ3) is 5.68. The molecule has 1 aliphatic rings. The lowest BCUT2D eigenvalue weighted by Crippen LogP contribution is -2.31. The van der Waals surface area contributed by atoms with Crippen LogP contribution in [0, 0.1) is 0 Å². The van der Waals surface area contributed by atoms with Crippen LogP contribution in [0.25, 0.3) is 0 Å². The summed E-state index contributed by atoms with van der Waals surface area (Å²) in [6.45, 7) is 6.87. The maximum Gasteiger partial charge on any atom is 0.253 e. The molecule has 0 radical (unpaired) electrons. The topological polar surface area (TPSA) is 70.2 Å². The van der Waals surface area contributed by atoms with Gasteiger partial charge in [-0.2, -0.15) is 4.31 Å². The van der Waals surface area contributed by atoms with E-state index in [1.54, 1.807) is 37.9 Å². The lowest BCUT2D eigenvalue weighted by Gasteiger charge is -2.29. The average molecular weight is 474 g/mol. The lowest BCUT2D eigenvalue weighted by atomic mass is 10.1. The molecule has 1 aliphatic heterocycles. The van der Waals surface area contributed by atoms with Crippen molar-refractivity contribution in [1.29, 1.82) is 0 Å². The van der Waals surface area contributed by atoms with Crippen LogP contribution < -0.4 is 9.64 Å². The third-order valence-electron chi connectivity index (χ3n) is 6.16. The molecule has 3 rings (SSSR count). The van der Waals surface area contributed by atoms with Gasteiger partial charge in [-0.1, -0.05) is 26.0 Å². The third-order valence-corrected chi connectivity index (χ3v) is 8.23. The highest BCUT2D eigenvalue weighted by Crippen LogP contribution is 2.28. The molecule has 0 bridgehead atoms. The first-order valence-electron chi connectivity index (χ1n) is 11.6. The Kier molecular flexibility index (Phi) is 8.37. The first-order valence-corrected chi connectivity index (χ1v) is 13.0. The van der Waals surface area contributed by atoms with Gasteiger partial charge in [0.2, 0.25) is 10.0 Å². The van der Waals surface area contributed by atoms with Crippen LogP contribution in [0.4, 0.5) is 5.69 Å². The maximum absolute atomic E-state index is 13.1. The van der Waals surface area contributed by atoms with Gasteiger partial charge in [-0.25, -0.2) is 8.42 Å². The Balaban J connectivity index is 1.77. The zero-order valence-electron chi connectivity index (χ0n) is 20.1. The molecule has 1 heterocycles. The van der Waals surface area contributed by atoms with Gasteiger partial charge in [-0.15, -0.1) is 0 Å². The molecule has 1 saturated heterocycles. The number of sulfonamides is 1. The number of carbonyl (C=O) groups excluding carboxylic acids is 1. The summed E-state index contributed by atoms with van der Waals surface area (Å²) in [7, 11) is -0.613. The fourth-order valence-electron chi connectivity index (χ4n) is 4.24. The zero-order valence-corrected chi connectivity index (χ0v) is 20.9. The second-order valence-electron chi connectivity index (χ2n) is 8.33. The van der Waals surface area contributed by atoms with Crippen LogP contribution in [0.2, 0.25) is 0 Å². The van der Waals surface area contributed by atoms with Crippen molar-refractivity contribution in [2.24, 2.45) is 0 Å². The Morgan fingerprint density at radius 2 is 1.64 bits per heavy atom. The Morgan fingerprint density at radius 1 is 1.00 bits per heavy atom. The van der Waals surface area contributed by atoms with Crippen LogP contribution in [-0.4, -0.2) is 63.9 Å². The molecule has 2 aromatic carbocycles. The van der Waals surface area contributed by atoms with Gasteiger partial charge in [0.25, 0.3) is 5.91 Å². The van der Waals surface area contributed by atoms with E-state index < -0.39 is 10.0 Å². The van der Waals surface area contributed by atoms with Crippen molar-refractivity contribution in [2.75, 3.05) is 45.2 Å². The van der Waals surface area contributed by atoms with E-state index in [4.69, 9.17) is 4.74 Å². The SMILES string of the molecule is CCN(CC)S(=O)(=O)c1cc(C(=O)N(C)Cc2ccc(N3CCCCC3)cc2)ccc1OC. The second-order valence-corrected chi connectivity index (χ2v) is 10.2. The van der Waals surface area contributed by atoms with Gasteiger partial charge in [-0.05, 0) is 55.2 Å². The number of amides is 1. The minimum atomic E-state index is -3.77. The fourth-order valence-corrected chi connectivity index (χ4v) is 5.88. The van der Waals surface area contributed by atoms with E-state index in [9.17, 15) is 13.2 Å². The summed E-state index contributed by atoms with van der Waals surface area (Å²) in [5.74, 6) is -0.0110. The second kappa shape index (κ2) is 11.0. The van der Waals surface area contributed by atoms with Crippen molar-refractivity contribution in [3.05, 3.63) is 53.6 Å². The molecular weight excluding hydrogens is 438 g/mol. The van der Waals surface area contributed by atoms with Crippen molar-refractivity contribution < 1.29 is 17.9 Å². The quantitative estimate of drug-likeness (QED) is 0.551. The summed E-state index contributed by atoms with van der Waals surface area (Å²) in [6, 6.07) is 12.9. The minimum Gasteiger partial charge on any atom is -0.495 e. The molecule has 33 heavy (non-hydrogen) atoms. The summed E-state index contributed by atoms with van der Waals surface area (Å²) in [5, 5.41) is 0. The molecule has 0 aliphatic carbocycles. The molecule has 1 amide bonds. The smallest absolute Gasteiger partial charge is 0.253 e. The fraction of sp³-hybridized carbons (Fsp3) is 0.480. The van der Waals surface area contributed by atoms with Crippen LogP contribution in [-0.2, 0) is 16.6 Å². The number of benzene rings is 2. The highest BCUT2D eigenvalue weighted by Gasteiger charge is 2.27. The molecule has 0 unspecified atom stereocenters. The Morgan fingerprint density at radius 3 is 2.21 bits per heavy atom.